The highest BCUT2D eigenvalue weighted by molar-refractivity contribution is 5.89. The smallest absolute Gasteiger partial charge is 0.410 e. The zero-order valence-electron chi connectivity index (χ0n) is 15.4. The second-order valence-electron chi connectivity index (χ2n) is 7.88. The number of hydrogen-bond acceptors (Lipinski definition) is 4. The third-order valence-corrected chi connectivity index (χ3v) is 4.65. The van der Waals surface area contributed by atoms with Crippen LogP contribution in [0.3, 0.4) is 0 Å². The Morgan fingerprint density at radius 2 is 2.08 bits per heavy atom. The number of carbonyl (C=O) groups excluding carboxylic acids is 2. The van der Waals surface area contributed by atoms with E-state index in [0.717, 1.165) is 12.8 Å². The number of nitrogens with zero attached hydrogens (tertiary/aromatic N) is 4. The van der Waals surface area contributed by atoms with E-state index >= 15 is 0 Å². The van der Waals surface area contributed by atoms with Crippen LogP contribution in [-0.4, -0.2) is 63.0 Å². The predicted octanol–water partition coefficient (Wildman–Crippen LogP) is 2.28. The molecule has 2 atom stereocenters. The van der Waals surface area contributed by atoms with Crippen molar-refractivity contribution in [3.8, 4) is 0 Å². The van der Waals surface area contributed by atoms with E-state index in [1.54, 1.807) is 22.0 Å². The second-order valence-corrected chi connectivity index (χ2v) is 7.88. The first-order valence-electron chi connectivity index (χ1n) is 8.77. The van der Waals surface area contributed by atoms with Gasteiger partial charge < -0.3 is 19.9 Å². The molecule has 1 aromatic rings. The number of ether oxygens (including phenoxy) is 1. The molecule has 2 fully saturated rings. The van der Waals surface area contributed by atoms with E-state index in [2.05, 4.69) is 10.4 Å². The molecule has 0 aromatic carbocycles. The van der Waals surface area contributed by atoms with E-state index in [0.29, 0.717) is 31.2 Å². The Hall–Kier alpha value is -2.25. The third-order valence-electron chi connectivity index (χ3n) is 4.65. The maximum absolute atomic E-state index is 12.7. The van der Waals surface area contributed by atoms with Gasteiger partial charge in [-0.05, 0) is 39.5 Å². The number of urea groups is 1. The number of carbonyl (C=O) groups is 2. The molecule has 2 aliphatic rings. The van der Waals surface area contributed by atoms with Gasteiger partial charge in [0, 0.05) is 32.9 Å². The summed E-state index contributed by atoms with van der Waals surface area (Å²) in [6, 6.07) is -0.0910. The number of anilines is 1. The molecule has 0 radical (unpaired) electrons. The average Bonchev–Trinajstić information content (AvgIpc) is 3.11. The van der Waals surface area contributed by atoms with Gasteiger partial charge in [0.05, 0.1) is 17.9 Å². The minimum Gasteiger partial charge on any atom is -0.444 e. The van der Waals surface area contributed by atoms with Gasteiger partial charge >= 0.3 is 12.1 Å². The molecule has 0 saturated carbocycles. The zero-order chi connectivity index (χ0) is 18.2. The van der Waals surface area contributed by atoms with Crippen molar-refractivity contribution >= 4 is 17.8 Å². The number of aryl methyl sites for hydroxylation is 1. The fourth-order valence-electron chi connectivity index (χ4n) is 3.59. The fourth-order valence-corrected chi connectivity index (χ4v) is 3.59. The highest BCUT2D eigenvalue weighted by Crippen LogP contribution is 2.31. The number of likely N-dealkylation sites (tertiary alicyclic amines) is 2. The van der Waals surface area contributed by atoms with Gasteiger partial charge in [-0.2, -0.15) is 5.10 Å². The summed E-state index contributed by atoms with van der Waals surface area (Å²) in [7, 11) is 1.81. The average molecular weight is 349 g/mol. The summed E-state index contributed by atoms with van der Waals surface area (Å²) in [4.78, 5) is 28.6. The topological polar surface area (TPSA) is 79.7 Å². The van der Waals surface area contributed by atoms with Gasteiger partial charge in [0.15, 0.2) is 0 Å². The van der Waals surface area contributed by atoms with Crippen LogP contribution in [0.4, 0.5) is 15.3 Å². The monoisotopic (exact) mass is 349 g/mol. The summed E-state index contributed by atoms with van der Waals surface area (Å²) in [6.07, 6.45) is 5.07. The summed E-state index contributed by atoms with van der Waals surface area (Å²) < 4.78 is 7.13. The van der Waals surface area contributed by atoms with Crippen molar-refractivity contribution in [3.05, 3.63) is 12.4 Å². The van der Waals surface area contributed by atoms with Crippen molar-refractivity contribution in [3.63, 3.8) is 0 Å². The Morgan fingerprint density at radius 1 is 1.32 bits per heavy atom. The zero-order valence-corrected chi connectivity index (χ0v) is 15.4. The first-order chi connectivity index (χ1) is 11.7. The molecule has 0 unspecified atom stereocenters. The molecule has 0 spiro atoms. The van der Waals surface area contributed by atoms with E-state index in [-0.39, 0.29) is 18.2 Å². The number of amides is 3. The third kappa shape index (κ3) is 4.05. The number of fused-ring (bicyclic) bond motifs is 1. The molecule has 0 aliphatic carbocycles. The van der Waals surface area contributed by atoms with Crippen LogP contribution in [0.2, 0.25) is 0 Å². The first kappa shape index (κ1) is 17.6. The van der Waals surface area contributed by atoms with Gasteiger partial charge in [0.1, 0.15) is 5.60 Å². The molecule has 1 N–H and O–H groups in total. The molecule has 2 saturated heterocycles. The molecule has 8 heteroatoms. The van der Waals surface area contributed by atoms with E-state index in [1.807, 2.05) is 32.7 Å². The number of aromatic nitrogens is 2. The lowest BCUT2D eigenvalue weighted by Crippen LogP contribution is -2.50. The highest BCUT2D eigenvalue weighted by Gasteiger charge is 2.43. The second kappa shape index (κ2) is 6.57. The summed E-state index contributed by atoms with van der Waals surface area (Å²) in [5.74, 6) is 0.306. The van der Waals surface area contributed by atoms with Gasteiger partial charge in [-0.1, -0.05) is 0 Å². The maximum Gasteiger partial charge on any atom is 0.410 e. The van der Waals surface area contributed by atoms with Crippen LogP contribution in [0.5, 0.6) is 0 Å². The van der Waals surface area contributed by atoms with E-state index in [1.165, 1.54) is 0 Å². The van der Waals surface area contributed by atoms with E-state index in [4.69, 9.17) is 4.74 Å². The molecule has 1 aromatic heterocycles. The molecule has 3 rings (SSSR count). The standard InChI is InChI=1S/C17H27N5O3/c1-17(2,3)25-16(24)21-9-12-6-5-7-22(14(12)11-21)15(23)19-13-8-18-20(4)10-13/h8,10,12,14H,5-7,9,11H2,1-4H3,(H,19,23)/t12-,14+/m0/s1. The Morgan fingerprint density at radius 3 is 2.72 bits per heavy atom. The molecule has 0 bridgehead atoms. The number of hydrogen-bond donors (Lipinski definition) is 1. The van der Waals surface area contributed by atoms with Crippen molar-refractivity contribution in [2.45, 2.75) is 45.3 Å². The van der Waals surface area contributed by atoms with Gasteiger partial charge in [-0.3, -0.25) is 4.68 Å². The van der Waals surface area contributed by atoms with Crippen molar-refractivity contribution < 1.29 is 14.3 Å². The van der Waals surface area contributed by atoms with Crippen LogP contribution < -0.4 is 5.32 Å². The van der Waals surface area contributed by atoms with Crippen LogP contribution in [0.25, 0.3) is 0 Å². The lowest BCUT2D eigenvalue weighted by atomic mass is 9.92. The van der Waals surface area contributed by atoms with Gasteiger partial charge in [0.2, 0.25) is 0 Å². The van der Waals surface area contributed by atoms with E-state index in [9.17, 15) is 9.59 Å². The molecular weight excluding hydrogens is 322 g/mol. The van der Waals surface area contributed by atoms with Gasteiger partial charge in [-0.25, -0.2) is 9.59 Å². The maximum atomic E-state index is 12.7. The van der Waals surface area contributed by atoms with E-state index < -0.39 is 5.60 Å². The molecular formula is C17H27N5O3. The Kier molecular flexibility index (Phi) is 4.62. The van der Waals surface area contributed by atoms with Crippen LogP contribution in [-0.2, 0) is 11.8 Å². The summed E-state index contributed by atoms with van der Waals surface area (Å²) in [5.41, 5.74) is 0.166. The summed E-state index contributed by atoms with van der Waals surface area (Å²) in [5, 5.41) is 6.96. The molecule has 8 nitrogen and oxygen atoms in total. The Labute approximate surface area is 148 Å². The van der Waals surface area contributed by atoms with Gasteiger partial charge in [-0.15, -0.1) is 0 Å². The highest BCUT2D eigenvalue weighted by atomic mass is 16.6. The Bertz CT molecular complexity index is 651. The van der Waals surface area contributed by atoms with Crippen molar-refractivity contribution in [2.75, 3.05) is 25.0 Å². The van der Waals surface area contributed by atoms with Crippen molar-refractivity contribution in [1.82, 2.24) is 19.6 Å². The molecule has 25 heavy (non-hydrogen) atoms. The largest absolute Gasteiger partial charge is 0.444 e. The minimum absolute atomic E-state index is 0.0398. The van der Waals surface area contributed by atoms with Gasteiger partial charge in [0.25, 0.3) is 0 Å². The number of rotatable bonds is 1. The van der Waals surface area contributed by atoms with Crippen LogP contribution in [0.15, 0.2) is 12.4 Å². The normalized spacial score (nSPS) is 23.4. The quantitative estimate of drug-likeness (QED) is 0.843. The minimum atomic E-state index is -0.512. The lowest BCUT2D eigenvalue weighted by Gasteiger charge is -2.36. The first-order valence-corrected chi connectivity index (χ1v) is 8.77. The Balaban J connectivity index is 1.65. The molecule has 3 heterocycles. The summed E-state index contributed by atoms with van der Waals surface area (Å²) >= 11 is 0. The summed E-state index contributed by atoms with van der Waals surface area (Å²) in [6.45, 7) is 7.47. The fraction of sp³-hybridized carbons (Fsp3) is 0.706. The molecule has 138 valence electrons. The van der Waals surface area contributed by atoms with Crippen LogP contribution in [0, 0.1) is 5.92 Å². The number of nitrogens with one attached hydrogen (secondary N) is 1. The van der Waals surface area contributed by atoms with Crippen LogP contribution >= 0.6 is 0 Å². The predicted molar refractivity (Wildman–Crippen MR) is 93.3 cm³/mol. The van der Waals surface area contributed by atoms with Crippen LogP contribution in [0.1, 0.15) is 33.6 Å². The van der Waals surface area contributed by atoms with Crippen molar-refractivity contribution in [2.24, 2.45) is 13.0 Å². The SMILES string of the molecule is Cn1cc(NC(=O)N2CCC[C@H]3CN(C(=O)OC(C)(C)C)C[C@H]32)cn1. The van der Waals surface area contributed by atoms with Crippen molar-refractivity contribution in [1.29, 1.82) is 0 Å². The number of piperidine rings is 1. The lowest BCUT2D eigenvalue weighted by molar-refractivity contribution is 0.0282. The molecule has 2 aliphatic heterocycles. The molecule has 3 amide bonds.